The zero-order valence-electron chi connectivity index (χ0n) is 17.8. The molecule has 4 rings (SSSR count). The molecule has 1 unspecified atom stereocenters. The third kappa shape index (κ3) is 3.21. The number of pyridine rings is 2. The molecule has 9 heteroatoms. The summed E-state index contributed by atoms with van der Waals surface area (Å²) in [6, 6.07) is 8.78. The molecule has 9 nitrogen and oxygen atoms in total. The number of rotatable bonds is 6. The predicted octanol–water partition coefficient (Wildman–Crippen LogP) is 2.18. The quantitative estimate of drug-likeness (QED) is 0.439. The number of hydrogen-bond donors (Lipinski definition) is 2. The van der Waals surface area contributed by atoms with E-state index in [4.69, 9.17) is 14.5 Å². The number of aromatic nitrogens is 2. The molecule has 3 aromatic rings. The molecule has 1 atom stereocenters. The second-order valence-corrected chi connectivity index (χ2v) is 7.64. The lowest BCUT2D eigenvalue weighted by molar-refractivity contribution is -0.160. The number of methoxy groups -OCH3 is 1. The summed E-state index contributed by atoms with van der Waals surface area (Å²) in [7, 11) is 1.56. The van der Waals surface area contributed by atoms with Gasteiger partial charge in [-0.3, -0.25) is 9.59 Å². The van der Waals surface area contributed by atoms with Gasteiger partial charge in [0.05, 0.1) is 36.1 Å². The van der Waals surface area contributed by atoms with Crippen LogP contribution in [0.5, 0.6) is 5.75 Å². The van der Waals surface area contributed by atoms with Crippen LogP contribution in [-0.4, -0.2) is 38.8 Å². The Morgan fingerprint density at radius 2 is 2.03 bits per heavy atom. The maximum Gasteiger partial charge on any atom is 0.340 e. The number of esters is 1. The van der Waals surface area contributed by atoms with Crippen LogP contribution in [0.25, 0.3) is 22.3 Å². The van der Waals surface area contributed by atoms with Crippen molar-refractivity contribution in [1.29, 1.82) is 0 Å². The summed E-state index contributed by atoms with van der Waals surface area (Å²) in [5.74, 6) is -1.48. The monoisotopic (exact) mass is 438 g/mol. The molecule has 0 amide bonds. The Bertz CT molecular complexity index is 1330. The Labute approximate surface area is 182 Å². The average molecular weight is 438 g/mol. The molecule has 32 heavy (non-hydrogen) atoms. The molecule has 0 saturated carbocycles. The molecule has 0 saturated heterocycles. The van der Waals surface area contributed by atoms with Crippen molar-refractivity contribution < 1.29 is 29.3 Å². The number of nitrogens with zero attached hydrogens (tertiary/aromatic N) is 2. The van der Waals surface area contributed by atoms with Gasteiger partial charge in [0.25, 0.3) is 5.56 Å². The van der Waals surface area contributed by atoms with Crippen molar-refractivity contribution in [1.82, 2.24) is 9.55 Å². The van der Waals surface area contributed by atoms with Gasteiger partial charge in [0.2, 0.25) is 0 Å². The molecular formula is C23H22N2O7. The van der Waals surface area contributed by atoms with E-state index in [0.717, 1.165) is 10.9 Å². The molecule has 0 aliphatic carbocycles. The van der Waals surface area contributed by atoms with E-state index < -0.39 is 29.7 Å². The number of carbonyl (C=O) groups is 2. The average Bonchev–Trinajstić information content (AvgIpc) is 3.13. The van der Waals surface area contributed by atoms with Gasteiger partial charge in [-0.2, -0.15) is 0 Å². The fourth-order valence-electron chi connectivity index (χ4n) is 4.08. The lowest BCUT2D eigenvalue weighted by atomic mass is 9.87. The minimum atomic E-state index is -2.33. The lowest BCUT2D eigenvalue weighted by Gasteiger charge is -2.25. The van der Waals surface area contributed by atoms with Gasteiger partial charge in [-0.1, -0.05) is 13.0 Å². The van der Waals surface area contributed by atoms with Crippen LogP contribution in [0.2, 0.25) is 0 Å². The summed E-state index contributed by atoms with van der Waals surface area (Å²) in [6.45, 7) is 2.45. The largest absolute Gasteiger partial charge is 0.496 e. The highest BCUT2D eigenvalue weighted by atomic mass is 16.5. The van der Waals surface area contributed by atoms with E-state index in [1.165, 1.54) is 24.5 Å². The summed E-state index contributed by atoms with van der Waals surface area (Å²) >= 11 is 0. The number of hydrogen-bond acceptors (Lipinski definition) is 7. The van der Waals surface area contributed by atoms with Gasteiger partial charge in [-0.15, -0.1) is 0 Å². The number of carboxylic acids is 1. The first kappa shape index (κ1) is 21.5. The molecule has 2 N–H and O–H groups in total. The van der Waals surface area contributed by atoms with Gasteiger partial charge in [0.1, 0.15) is 12.4 Å². The van der Waals surface area contributed by atoms with Crippen LogP contribution in [-0.2, 0) is 33.1 Å². The first-order valence-corrected chi connectivity index (χ1v) is 10.0. The molecule has 3 heterocycles. The summed E-state index contributed by atoms with van der Waals surface area (Å²) in [6.07, 6.45) is -0.187. The van der Waals surface area contributed by atoms with E-state index in [9.17, 15) is 24.6 Å². The van der Waals surface area contributed by atoms with Crippen LogP contribution < -0.4 is 10.3 Å². The lowest BCUT2D eigenvalue weighted by Crippen LogP contribution is -2.39. The third-order valence-electron chi connectivity index (χ3n) is 5.82. The van der Waals surface area contributed by atoms with Gasteiger partial charge in [-0.25, -0.2) is 9.78 Å². The highest BCUT2D eigenvalue weighted by Gasteiger charge is 2.41. The number of aliphatic carboxylic acids is 1. The summed E-state index contributed by atoms with van der Waals surface area (Å²) in [4.78, 5) is 41.4. The molecule has 0 radical (unpaired) electrons. The highest BCUT2D eigenvalue weighted by molar-refractivity contribution is 5.89. The number of aliphatic hydroxyl groups is 1. The second kappa shape index (κ2) is 7.76. The molecule has 1 aromatic carbocycles. The van der Waals surface area contributed by atoms with Gasteiger partial charge in [-0.05, 0) is 30.7 Å². The standard InChI is InChI=1S/C23H22N2O7/c1-4-23(30,22(28)29)16-9-18-20-13(8-14-17(24-20)6-5-7-19(14)31-3)10-25(18)21(27)15(16)11-32-12(2)26/h5-9,30H,4,10-11H2,1-3H3,(H,28,29). The number of fused-ring (bicyclic) bond motifs is 4. The Hall–Kier alpha value is -3.72. The Kier molecular flexibility index (Phi) is 5.21. The molecule has 2 aromatic heterocycles. The van der Waals surface area contributed by atoms with E-state index in [1.54, 1.807) is 13.2 Å². The highest BCUT2D eigenvalue weighted by Crippen LogP contribution is 2.37. The fraction of sp³-hybridized carbons (Fsp3) is 0.304. The molecule has 0 spiro atoms. The van der Waals surface area contributed by atoms with Crippen LogP contribution in [0.15, 0.2) is 35.1 Å². The van der Waals surface area contributed by atoms with Crippen molar-refractivity contribution in [2.45, 2.75) is 39.0 Å². The number of benzene rings is 1. The summed E-state index contributed by atoms with van der Waals surface area (Å²) in [5.41, 5.74) is -0.732. The zero-order valence-corrected chi connectivity index (χ0v) is 17.8. The Morgan fingerprint density at radius 1 is 1.28 bits per heavy atom. The van der Waals surface area contributed by atoms with Gasteiger partial charge in [0.15, 0.2) is 5.60 Å². The molecule has 0 fully saturated rings. The third-order valence-corrected chi connectivity index (χ3v) is 5.82. The van der Waals surface area contributed by atoms with E-state index in [-0.39, 0.29) is 24.1 Å². The zero-order chi connectivity index (χ0) is 23.2. The van der Waals surface area contributed by atoms with Gasteiger partial charge < -0.3 is 24.3 Å². The maximum absolute atomic E-state index is 13.4. The predicted molar refractivity (Wildman–Crippen MR) is 114 cm³/mol. The van der Waals surface area contributed by atoms with Crippen molar-refractivity contribution in [2.75, 3.05) is 7.11 Å². The molecule has 0 bridgehead atoms. The van der Waals surface area contributed by atoms with Crippen molar-refractivity contribution in [3.63, 3.8) is 0 Å². The fourth-order valence-corrected chi connectivity index (χ4v) is 4.08. The van der Waals surface area contributed by atoms with Crippen LogP contribution >= 0.6 is 0 Å². The number of carbonyl (C=O) groups excluding carboxylic acids is 1. The first-order valence-electron chi connectivity index (χ1n) is 10.0. The minimum Gasteiger partial charge on any atom is -0.496 e. The van der Waals surface area contributed by atoms with Crippen molar-refractivity contribution in [2.24, 2.45) is 0 Å². The molecule has 1 aliphatic rings. The van der Waals surface area contributed by atoms with Crippen LogP contribution in [0.3, 0.4) is 0 Å². The molecular weight excluding hydrogens is 416 g/mol. The summed E-state index contributed by atoms with van der Waals surface area (Å²) < 4.78 is 11.9. The van der Waals surface area contributed by atoms with Gasteiger partial charge >= 0.3 is 11.9 Å². The molecule has 166 valence electrons. The van der Waals surface area contributed by atoms with E-state index >= 15 is 0 Å². The smallest absolute Gasteiger partial charge is 0.340 e. The summed E-state index contributed by atoms with van der Waals surface area (Å²) in [5, 5.41) is 21.4. The van der Waals surface area contributed by atoms with Crippen LogP contribution in [0, 0.1) is 0 Å². The van der Waals surface area contributed by atoms with Gasteiger partial charge in [0, 0.05) is 23.4 Å². The Balaban J connectivity index is 1.99. The second-order valence-electron chi connectivity index (χ2n) is 7.64. The first-order chi connectivity index (χ1) is 15.2. The normalized spacial score (nSPS) is 13.9. The molecule has 1 aliphatic heterocycles. The van der Waals surface area contributed by atoms with Crippen LogP contribution in [0.4, 0.5) is 0 Å². The Morgan fingerprint density at radius 3 is 2.66 bits per heavy atom. The van der Waals surface area contributed by atoms with Crippen molar-refractivity contribution in [3.05, 3.63) is 57.4 Å². The number of carboxylic acid groups (broad SMARTS) is 1. The van der Waals surface area contributed by atoms with Crippen molar-refractivity contribution in [3.8, 4) is 17.1 Å². The topological polar surface area (TPSA) is 128 Å². The maximum atomic E-state index is 13.4. The SMILES string of the molecule is CCC(O)(C(=O)O)c1cc2n(c(=O)c1COC(C)=O)Cc1cc3c(OC)cccc3nc1-2. The number of ether oxygens (including phenoxy) is 2. The van der Waals surface area contributed by atoms with E-state index in [0.29, 0.717) is 22.7 Å². The van der Waals surface area contributed by atoms with E-state index in [2.05, 4.69) is 0 Å². The van der Waals surface area contributed by atoms with E-state index in [1.807, 2.05) is 18.2 Å². The van der Waals surface area contributed by atoms with Crippen molar-refractivity contribution >= 4 is 22.8 Å². The minimum absolute atomic E-state index is 0.0781. The van der Waals surface area contributed by atoms with Crippen LogP contribution in [0.1, 0.15) is 37.0 Å².